The Morgan fingerprint density at radius 3 is 2.71 bits per heavy atom. The van der Waals surface area contributed by atoms with E-state index in [0.717, 1.165) is 33.5 Å². The zero-order chi connectivity index (χ0) is 14.8. The van der Waals surface area contributed by atoms with Crippen molar-refractivity contribution in [2.75, 3.05) is 30.0 Å². The molecule has 0 atom stereocenters. The molecule has 0 saturated carbocycles. The molecule has 0 amide bonds. The van der Waals surface area contributed by atoms with Crippen molar-refractivity contribution in [3.05, 3.63) is 54.9 Å². The molecule has 0 bridgehead atoms. The second-order valence-electron chi connectivity index (χ2n) is 5.19. The fourth-order valence-electron chi connectivity index (χ4n) is 2.34. The van der Waals surface area contributed by atoms with E-state index in [2.05, 4.69) is 33.4 Å². The Kier molecular flexibility index (Phi) is 3.36. The van der Waals surface area contributed by atoms with Gasteiger partial charge in [0.2, 0.25) is 0 Å². The largest absolute Gasteiger partial charge is 0.398 e. The molecule has 0 fully saturated rings. The third-order valence-electron chi connectivity index (χ3n) is 3.49. The van der Waals surface area contributed by atoms with E-state index >= 15 is 0 Å². The van der Waals surface area contributed by atoms with Crippen LogP contribution in [-0.4, -0.2) is 19.1 Å². The molecular formula is C17H18N4. The van der Waals surface area contributed by atoms with Crippen LogP contribution in [0.15, 0.2) is 54.9 Å². The minimum absolute atomic E-state index is 0.741. The number of hydrogen-bond donors (Lipinski definition) is 2. The topological polar surface area (TPSA) is 54.2 Å². The number of rotatable bonds is 3. The first-order valence-corrected chi connectivity index (χ1v) is 6.82. The predicted molar refractivity (Wildman–Crippen MR) is 90.2 cm³/mol. The average Bonchev–Trinajstić information content (AvgIpc) is 2.51. The molecule has 0 radical (unpaired) electrons. The van der Waals surface area contributed by atoms with Crippen molar-refractivity contribution in [1.82, 2.24) is 4.98 Å². The van der Waals surface area contributed by atoms with Crippen LogP contribution in [0.25, 0.3) is 10.8 Å². The Morgan fingerprint density at radius 2 is 1.90 bits per heavy atom. The molecule has 21 heavy (non-hydrogen) atoms. The number of nitrogens with one attached hydrogen (secondary N) is 1. The van der Waals surface area contributed by atoms with Crippen LogP contribution in [0.3, 0.4) is 0 Å². The highest BCUT2D eigenvalue weighted by molar-refractivity contribution is 6.01. The summed E-state index contributed by atoms with van der Waals surface area (Å²) in [6, 6.07) is 14.2. The normalized spacial score (nSPS) is 10.6. The van der Waals surface area contributed by atoms with E-state index in [1.54, 1.807) is 12.4 Å². The van der Waals surface area contributed by atoms with Gasteiger partial charge in [-0.3, -0.25) is 4.98 Å². The molecule has 1 heterocycles. The van der Waals surface area contributed by atoms with E-state index < -0.39 is 0 Å². The van der Waals surface area contributed by atoms with E-state index in [1.165, 1.54) is 0 Å². The van der Waals surface area contributed by atoms with E-state index in [-0.39, 0.29) is 0 Å². The second kappa shape index (κ2) is 5.32. The van der Waals surface area contributed by atoms with E-state index in [0.29, 0.717) is 0 Å². The molecule has 0 aliphatic heterocycles. The zero-order valence-corrected chi connectivity index (χ0v) is 12.2. The Morgan fingerprint density at radius 1 is 1.05 bits per heavy atom. The molecule has 0 spiro atoms. The van der Waals surface area contributed by atoms with Crippen LogP contribution in [0.2, 0.25) is 0 Å². The van der Waals surface area contributed by atoms with Crippen LogP contribution in [-0.2, 0) is 0 Å². The van der Waals surface area contributed by atoms with Gasteiger partial charge in [0.05, 0.1) is 0 Å². The molecule has 3 rings (SSSR count). The standard InChI is InChI=1S/C17H18N4/c1-21(2)13-5-3-4-12(10-13)20-17-7-6-16(18)15-11-19-9-8-14(15)17/h3-11,20H,18H2,1-2H3. The SMILES string of the molecule is CN(C)c1cccc(Nc2ccc(N)c3cnccc23)c1. The number of nitrogens with two attached hydrogens (primary N) is 1. The molecule has 3 aromatic rings. The van der Waals surface area contributed by atoms with Gasteiger partial charge in [-0.05, 0) is 36.4 Å². The number of aromatic nitrogens is 1. The highest BCUT2D eigenvalue weighted by Crippen LogP contribution is 2.30. The van der Waals surface area contributed by atoms with Crippen LogP contribution < -0.4 is 16.0 Å². The molecule has 1 aromatic heterocycles. The third kappa shape index (κ3) is 2.60. The molecule has 106 valence electrons. The summed E-state index contributed by atoms with van der Waals surface area (Å²) in [5, 5.41) is 5.49. The maximum Gasteiger partial charge on any atom is 0.0466 e. The Hall–Kier alpha value is -2.75. The maximum atomic E-state index is 6.01. The van der Waals surface area contributed by atoms with Crippen LogP contribution in [0.1, 0.15) is 0 Å². The Balaban J connectivity index is 2.02. The first-order valence-electron chi connectivity index (χ1n) is 6.82. The fraction of sp³-hybridized carbons (Fsp3) is 0.118. The van der Waals surface area contributed by atoms with Gasteiger partial charge >= 0.3 is 0 Å². The van der Waals surface area contributed by atoms with Gasteiger partial charge in [-0.25, -0.2) is 0 Å². The lowest BCUT2D eigenvalue weighted by Crippen LogP contribution is -2.08. The molecule has 4 heteroatoms. The number of hydrogen-bond acceptors (Lipinski definition) is 4. The summed E-state index contributed by atoms with van der Waals surface area (Å²) in [6.45, 7) is 0. The summed E-state index contributed by atoms with van der Waals surface area (Å²) in [4.78, 5) is 6.22. The van der Waals surface area contributed by atoms with E-state index in [4.69, 9.17) is 5.73 Å². The molecule has 4 nitrogen and oxygen atoms in total. The van der Waals surface area contributed by atoms with E-state index in [9.17, 15) is 0 Å². The van der Waals surface area contributed by atoms with Crippen molar-refractivity contribution < 1.29 is 0 Å². The molecule has 0 aliphatic rings. The number of benzene rings is 2. The summed E-state index contributed by atoms with van der Waals surface area (Å²) in [7, 11) is 4.06. The highest BCUT2D eigenvalue weighted by Gasteiger charge is 2.05. The van der Waals surface area contributed by atoms with Crippen molar-refractivity contribution in [1.29, 1.82) is 0 Å². The van der Waals surface area contributed by atoms with Gasteiger partial charge < -0.3 is 16.0 Å². The molecule has 3 N–H and O–H groups in total. The van der Waals surface area contributed by atoms with Crippen LogP contribution in [0.5, 0.6) is 0 Å². The lowest BCUT2D eigenvalue weighted by atomic mass is 10.1. The van der Waals surface area contributed by atoms with Gasteiger partial charge in [0, 0.05) is 60.0 Å². The van der Waals surface area contributed by atoms with Gasteiger partial charge in [-0.15, -0.1) is 0 Å². The van der Waals surface area contributed by atoms with Gasteiger partial charge in [-0.2, -0.15) is 0 Å². The van der Waals surface area contributed by atoms with E-state index in [1.807, 2.05) is 38.4 Å². The van der Waals surface area contributed by atoms with Gasteiger partial charge in [0.25, 0.3) is 0 Å². The molecule has 0 unspecified atom stereocenters. The average molecular weight is 278 g/mol. The zero-order valence-electron chi connectivity index (χ0n) is 12.2. The van der Waals surface area contributed by atoms with Crippen LogP contribution >= 0.6 is 0 Å². The van der Waals surface area contributed by atoms with Crippen molar-refractivity contribution in [2.24, 2.45) is 0 Å². The monoisotopic (exact) mass is 278 g/mol. The van der Waals surface area contributed by atoms with Crippen LogP contribution in [0, 0.1) is 0 Å². The van der Waals surface area contributed by atoms with Crippen molar-refractivity contribution >= 4 is 33.5 Å². The van der Waals surface area contributed by atoms with Gasteiger partial charge in [0.1, 0.15) is 0 Å². The van der Waals surface area contributed by atoms with Crippen molar-refractivity contribution in [3.63, 3.8) is 0 Å². The van der Waals surface area contributed by atoms with Crippen molar-refractivity contribution in [3.8, 4) is 0 Å². The molecule has 0 aliphatic carbocycles. The highest BCUT2D eigenvalue weighted by atomic mass is 15.1. The quantitative estimate of drug-likeness (QED) is 0.718. The summed E-state index contributed by atoms with van der Waals surface area (Å²) >= 11 is 0. The van der Waals surface area contributed by atoms with Crippen LogP contribution in [0.4, 0.5) is 22.7 Å². The van der Waals surface area contributed by atoms with Gasteiger partial charge in [0.15, 0.2) is 0 Å². The summed E-state index contributed by atoms with van der Waals surface area (Å²) < 4.78 is 0. The van der Waals surface area contributed by atoms with Gasteiger partial charge in [-0.1, -0.05) is 6.07 Å². The first-order chi connectivity index (χ1) is 10.1. The number of nitrogens with zero attached hydrogens (tertiary/aromatic N) is 2. The summed E-state index contributed by atoms with van der Waals surface area (Å²) in [5.74, 6) is 0. The minimum Gasteiger partial charge on any atom is -0.398 e. The number of nitrogen functional groups attached to an aromatic ring is 1. The third-order valence-corrected chi connectivity index (χ3v) is 3.49. The molecular weight excluding hydrogens is 260 g/mol. The Bertz CT molecular complexity index is 781. The number of fused-ring (bicyclic) bond motifs is 1. The summed E-state index contributed by atoms with van der Waals surface area (Å²) in [6.07, 6.45) is 3.58. The smallest absolute Gasteiger partial charge is 0.0466 e. The predicted octanol–water partition coefficient (Wildman–Crippen LogP) is 3.63. The minimum atomic E-state index is 0.741. The molecule has 0 saturated heterocycles. The molecule has 2 aromatic carbocycles. The fourth-order valence-corrected chi connectivity index (χ4v) is 2.34. The number of pyridine rings is 1. The van der Waals surface area contributed by atoms with Crippen molar-refractivity contribution in [2.45, 2.75) is 0 Å². The summed E-state index contributed by atoms with van der Waals surface area (Å²) in [5.41, 5.74) is 9.97. The first kappa shape index (κ1) is 13.2. The second-order valence-corrected chi connectivity index (χ2v) is 5.19. The maximum absolute atomic E-state index is 6.01. The lowest BCUT2D eigenvalue weighted by molar-refractivity contribution is 1.13. The Labute approximate surface area is 124 Å². The lowest BCUT2D eigenvalue weighted by Gasteiger charge is -2.15. The number of anilines is 4.